The van der Waals surface area contributed by atoms with Gasteiger partial charge in [0, 0.05) is 23.6 Å². The van der Waals surface area contributed by atoms with Crippen LogP contribution in [-0.4, -0.2) is 20.9 Å². The van der Waals surface area contributed by atoms with Crippen molar-refractivity contribution >= 4 is 5.97 Å². The third kappa shape index (κ3) is 1.65. The van der Waals surface area contributed by atoms with Crippen molar-refractivity contribution < 1.29 is 23.1 Å². The van der Waals surface area contributed by atoms with Crippen molar-refractivity contribution in [1.82, 2.24) is 9.78 Å². The average molecular weight is 308 g/mol. The quantitative estimate of drug-likeness (QED) is 0.866. The van der Waals surface area contributed by atoms with Gasteiger partial charge in [-0.05, 0) is 25.2 Å². The minimum atomic E-state index is -1.29. The minimum Gasteiger partial charge on any atom is -0.476 e. The van der Waals surface area contributed by atoms with Crippen molar-refractivity contribution in [3.8, 4) is 5.69 Å². The summed E-state index contributed by atoms with van der Waals surface area (Å²) < 4.78 is 41.7. The fourth-order valence-electron chi connectivity index (χ4n) is 3.75. The van der Waals surface area contributed by atoms with Crippen LogP contribution in [0, 0.1) is 17.5 Å². The molecule has 4 nitrogen and oxygen atoms in total. The largest absolute Gasteiger partial charge is 0.476 e. The molecule has 1 saturated carbocycles. The lowest BCUT2D eigenvalue weighted by Gasteiger charge is -2.14. The van der Waals surface area contributed by atoms with E-state index in [0.29, 0.717) is 17.3 Å². The predicted molar refractivity (Wildman–Crippen MR) is 69.7 cm³/mol. The number of aromatic nitrogens is 2. The Kier molecular flexibility index (Phi) is 2.64. The van der Waals surface area contributed by atoms with E-state index in [1.165, 1.54) is 0 Å². The molecule has 0 amide bonds. The molecule has 0 saturated heterocycles. The number of carboxylic acids is 1. The Bertz CT molecular complexity index is 816. The standard InChI is InChI=1S/C15H11F3N2O2/c16-8-4-10(18)11(5-9(8)17)20-14-7-2-1-6(3-7)12(14)13(19-20)15(21)22/h4-7H,1-3H2,(H,21,22). The highest BCUT2D eigenvalue weighted by Crippen LogP contribution is 2.54. The van der Waals surface area contributed by atoms with Gasteiger partial charge in [-0.2, -0.15) is 5.10 Å². The summed E-state index contributed by atoms with van der Waals surface area (Å²) in [6, 6.07) is 1.17. The first-order valence-electron chi connectivity index (χ1n) is 6.98. The highest BCUT2D eigenvalue weighted by molar-refractivity contribution is 5.88. The second kappa shape index (κ2) is 4.34. The fraction of sp³-hybridized carbons (Fsp3) is 0.333. The normalized spacial score (nSPS) is 22.1. The molecule has 0 aliphatic heterocycles. The molecule has 1 fully saturated rings. The second-order valence-corrected chi connectivity index (χ2v) is 5.79. The maximum absolute atomic E-state index is 14.0. The molecule has 2 aromatic rings. The molecule has 1 aromatic carbocycles. The molecule has 2 unspecified atom stereocenters. The summed E-state index contributed by atoms with van der Waals surface area (Å²) in [4.78, 5) is 11.4. The third-order valence-electron chi connectivity index (χ3n) is 4.61. The predicted octanol–water partition coefficient (Wildman–Crippen LogP) is 3.35. The van der Waals surface area contributed by atoms with Gasteiger partial charge in [-0.1, -0.05) is 0 Å². The van der Waals surface area contributed by atoms with E-state index < -0.39 is 23.4 Å². The maximum atomic E-state index is 14.0. The number of halogens is 3. The molecular formula is C15H11F3N2O2. The summed E-state index contributed by atoms with van der Waals surface area (Å²) in [5.74, 6) is -4.44. The van der Waals surface area contributed by atoms with Gasteiger partial charge in [0.15, 0.2) is 23.1 Å². The number of benzene rings is 1. The van der Waals surface area contributed by atoms with Gasteiger partial charge < -0.3 is 5.11 Å². The Morgan fingerprint density at radius 2 is 1.82 bits per heavy atom. The molecule has 4 rings (SSSR count). The van der Waals surface area contributed by atoms with Crippen LogP contribution in [0.4, 0.5) is 13.2 Å². The molecule has 0 spiro atoms. The van der Waals surface area contributed by atoms with E-state index in [1.54, 1.807) is 0 Å². The Balaban J connectivity index is 1.98. The van der Waals surface area contributed by atoms with Crippen LogP contribution < -0.4 is 0 Å². The first-order chi connectivity index (χ1) is 10.5. The lowest BCUT2D eigenvalue weighted by atomic mass is 9.95. The van der Waals surface area contributed by atoms with Crippen LogP contribution in [0.25, 0.3) is 5.69 Å². The molecular weight excluding hydrogens is 297 g/mol. The zero-order chi connectivity index (χ0) is 15.6. The topological polar surface area (TPSA) is 55.1 Å². The van der Waals surface area contributed by atoms with E-state index in [9.17, 15) is 23.1 Å². The Morgan fingerprint density at radius 1 is 1.14 bits per heavy atom. The van der Waals surface area contributed by atoms with Gasteiger partial charge in [0.2, 0.25) is 0 Å². The maximum Gasteiger partial charge on any atom is 0.356 e. The Labute approximate surface area is 123 Å². The monoisotopic (exact) mass is 308 g/mol. The molecule has 0 radical (unpaired) electrons. The number of carboxylic acid groups (broad SMARTS) is 1. The number of nitrogens with zero attached hydrogens (tertiary/aromatic N) is 2. The van der Waals surface area contributed by atoms with Gasteiger partial charge in [0.25, 0.3) is 0 Å². The van der Waals surface area contributed by atoms with Crippen molar-refractivity contribution in [2.45, 2.75) is 31.1 Å². The number of hydrogen-bond donors (Lipinski definition) is 1. The van der Waals surface area contributed by atoms with E-state index in [0.717, 1.165) is 30.0 Å². The van der Waals surface area contributed by atoms with Gasteiger partial charge in [-0.25, -0.2) is 22.6 Å². The van der Waals surface area contributed by atoms with E-state index in [4.69, 9.17) is 0 Å². The summed E-state index contributed by atoms with van der Waals surface area (Å²) in [5.41, 5.74) is 0.868. The van der Waals surface area contributed by atoms with E-state index in [1.807, 2.05) is 0 Å². The number of carbonyl (C=O) groups is 1. The summed E-state index contributed by atoms with van der Waals surface area (Å²) >= 11 is 0. The van der Waals surface area contributed by atoms with Crippen molar-refractivity contribution in [3.05, 3.63) is 46.5 Å². The van der Waals surface area contributed by atoms with Crippen LogP contribution in [0.1, 0.15) is 52.8 Å². The fourth-order valence-corrected chi connectivity index (χ4v) is 3.75. The van der Waals surface area contributed by atoms with Gasteiger partial charge in [0.05, 0.1) is 5.69 Å². The van der Waals surface area contributed by atoms with Gasteiger partial charge >= 0.3 is 5.97 Å². The number of aromatic carboxylic acids is 1. The van der Waals surface area contributed by atoms with Crippen LogP contribution in [0.5, 0.6) is 0 Å². The molecule has 2 aliphatic carbocycles. The molecule has 1 aromatic heterocycles. The van der Waals surface area contributed by atoms with Crippen molar-refractivity contribution in [3.63, 3.8) is 0 Å². The molecule has 1 heterocycles. The Hall–Kier alpha value is -2.31. The van der Waals surface area contributed by atoms with Crippen molar-refractivity contribution in [2.75, 3.05) is 0 Å². The minimum absolute atomic E-state index is 0.0908. The molecule has 7 heteroatoms. The van der Waals surface area contributed by atoms with Gasteiger partial charge in [0.1, 0.15) is 5.69 Å². The van der Waals surface area contributed by atoms with Crippen LogP contribution in [0.15, 0.2) is 12.1 Å². The molecule has 114 valence electrons. The molecule has 2 aliphatic rings. The highest BCUT2D eigenvalue weighted by Gasteiger charge is 2.44. The van der Waals surface area contributed by atoms with Crippen LogP contribution in [-0.2, 0) is 0 Å². The van der Waals surface area contributed by atoms with Crippen LogP contribution in [0.2, 0.25) is 0 Å². The molecule has 22 heavy (non-hydrogen) atoms. The summed E-state index contributed by atoms with van der Waals surface area (Å²) in [6.45, 7) is 0. The lowest BCUT2D eigenvalue weighted by molar-refractivity contribution is 0.0688. The molecule has 1 N–H and O–H groups in total. The average Bonchev–Trinajstić information content (AvgIpc) is 3.13. The van der Waals surface area contributed by atoms with Crippen LogP contribution in [0.3, 0.4) is 0 Å². The lowest BCUT2D eigenvalue weighted by Crippen LogP contribution is -2.09. The van der Waals surface area contributed by atoms with Crippen molar-refractivity contribution in [1.29, 1.82) is 0 Å². The Morgan fingerprint density at radius 3 is 2.55 bits per heavy atom. The zero-order valence-electron chi connectivity index (χ0n) is 11.3. The molecule has 2 atom stereocenters. The zero-order valence-corrected chi connectivity index (χ0v) is 11.3. The smallest absolute Gasteiger partial charge is 0.356 e. The van der Waals surface area contributed by atoms with Gasteiger partial charge in [-0.3, -0.25) is 0 Å². The first kappa shape index (κ1) is 13.4. The van der Waals surface area contributed by atoms with E-state index in [2.05, 4.69) is 5.10 Å². The summed E-state index contributed by atoms with van der Waals surface area (Å²) in [6.07, 6.45) is 2.55. The van der Waals surface area contributed by atoms with Crippen molar-refractivity contribution in [2.24, 2.45) is 0 Å². The van der Waals surface area contributed by atoms with E-state index in [-0.39, 0.29) is 23.2 Å². The summed E-state index contributed by atoms with van der Waals surface area (Å²) in [7, 11) is 0. The number of hydrogen-bond acceptors (Lipinski definition) is 2. The number of fused-ring (bicyclic) bond motifs is 5. The first-order valence-corrected chi connectivity index (χ1v) is 6.98. The highest BCUT2D eigenvalue weighted by atomic mass is 19.2. The van der Waals surface area contributed by atoms with Gasteiger partial charge in [-0.15, -0.1) is 0 Å². The second-order valence-electron chi connectivity index (χ2n) is 5.79. The summed E-state index contributed by atoms with van der Waals surface area (Å²) in [5, 5.41) is 13.3. The SMILES string of the molecule is O=C(O)c1nn(-c2cc(F)c(F)cc2F)c2c1C1CCC2C1. The number of rotatable bonds is 2. The van der Waals surface area contributed by atoms with Crippen LogP contribution >= 0.6 is 0 Å². The third-order valence-corrected chi connectivity index (χ3v) is 4.61. The molecule has 2 bridgehead atoms. The van der Waals surface area contributed by atoms with E-state index >= 15 is 0 Å².